The van der Waals surface area contributed by atoms with Crippen molar-refractivity contribution < 1.29 is 23.8 Å². The zero-order chi connectivity index (χ0) is 20.6. The smallest absolute Gasteiger partial charge is 0.338 e. The minimum absolute atomic E-state index is 0.0551. The first-order valence-corrected chi connectivity index (χ1v) is 9.92. The van der Waals surface area contributed by atoms with Crippen molar-refractivity contribution in [2.75, 3.05) is 19.0 Å². The number of aliphatic hydroxyl groups is 1. The molecule has 1 heterocycles. The normalized spacial score (nSPS) is 11.8. The van der Waals surface area contributed by atoms with Crippen LogP contribution in [0, 0.1) is 5.82 Å². The third-order valence-electron chi connectivity index (χ3n) is 3.84. The van der Waals surface area contributed by atoms with E-state index in [9.17, 15) is 14.3 Å². The predicted octanol–water partition coefficient (Wildman–Crippen LogP) is 3.12. The molecule has 0 aliphatic heterocycles. The lowest BCUT2D eigenvalue weighted by Crippen LogP contribution is -2.20. The van der Waals surface area contributed by atoms with Crippen LogP contribution in [0.15, 0.2) is 60.0 Å². The highest BCUT2D eigenvalue weighted by atomic mass is 32.2. The fourth-order valence-electron chi connectivity index (χ4n) is 2.45. The fourth-order valence-corrected chi connectivity index (χ4v) is 3.28. The van der Waals surface area contributed by atoms with Crippen molar-refractivity contribution in [3.63, 3.8) is 0 Å². The monoisotopic (exact) mass is 417 g/mol. The van der Waals surface area contributed by atoms with Gasteiger partial charge in [0.15, 0.2) is 5.16 Å². The van der Waals surface area contributed by atoms with Gasteiger partial charge < -0.3 is 14.6 Å². The molecule has 0 aliphatic rings. The number of halogens is 1. The van der Waals surface area contributed by atoms with Gasteiger partial charge in [-0.15, -0.1) is 10.2 Å². The van der Waals surface area contributed by atoms with Crippen molar-refractivity contribution in [2.24, 2.45) is 0 Å². The van der Waals surface area contributed by atoms with Crippen LogP contribution < -0.4 is 4.74 Å². The van der Waals surface area contributed by atoms with Crippen molar-refractivity contribution in [1.29, 1.82) is 0 Å². The van der Waals surface area contributed by atoms with E-state index in [2.05, 4.69) is 10.2 Å². The number of thioether (sulfide) groups is 1. The summed E-state index contributed by atoms with van der Waals surface area (Å²) in [6.07, 6.45) is 0.643. The van der Waals surface area contributed by atoms with Crippen LogP contribution in [0.5, 0.6) is 5.75 Å². The van der Waals surface area contributed by atoms with E-state index < -0.39 is 12.1 Å². The van der Waals surface area contributed by atoms with Gasteiger partial charge in [-0.05, 0) is 43.3 Å². The minimum Gasteiger partial charge on any atom is -0.491 e. The maximum Gasteiger partial charge on any atom is 0.338 e. The van der Waals surface area contributed by atoms with Crippen LogP contribution in [0.1, 0.15) is 17.3 Å². The van der Waals surface area contributed by atoms with Crippen LogP contribution in [-0.4, -0.2) is 50.9 Å². The molecule has 1 N–H and O–H groups in total. The van der Waals surface area contributed by atoms with Gasteiger partial charge in [-0.1, -0.05) is 23.9 Å². The number of carbonyl (C=O) groups is 1. The highest BCUT2D eigenvalue weighted by molar-refractivity contribution is 7.99. The molecule has 1 atom stereocenters. The first-order valence-electron chi connectivity index (χ1n) is 8.94. The van der Waals surface area contributed by atoms with Crippen molar-refractivity contribution in [3.8, 4) is 11.4 Å². The Hall–Kier alpha value is -2.91. The van der Waals surface area contributed by atoms with E-state index >= 15 is 0 Å². The van der Waals surface area contributed by atoms with E-state index in [1.807, 2.05) is 0 Å². The molecule has 0 aliphatic carbocycles. The number of ether oxygens (including phenoxy) is 2. The van der Waals surface area contributed by atoms with Gasteiger partial charge in [0.1, 0.15) is 24.5 Å². The number of benzene rings is 2. The molecule has 0 saturated carbocycles. The summed E-state index contributed by atoms with van der Waals surface area (Å²) in [7, 11) is 0. The molecule has 0 fully saturated rings. The average molecular weight is 417 g/mol. The van der Waals surface area contributed by atoms with E-state index in [4.69, 9.17) is 9.47 Å². The van der Waals surface area contributed by atoms with Crippen LogP contribution in [0.3, 0.4) is 0 Å². The second-order valence-electron chi connectivity index (χ2n) is 5.96. The fraction of sp³-hybridized carbons (Fsp3) is 0.250. The van der Waals surface area contributed by atoms with Gasteiger partial charge in [0.05, 0.1) is 24.0 Å². The van der Waals surface area contributed by atoms with Gasteiger partial charge in [0.2, 0.25) is 0 Å². The summed E-state index contributed by atoms with van der Waals surface area (Å²) in [5.74, 6) is 0.0315. The number of nitrogens with zero attached hydrogens (tertiary/aromatic N) is 3. The molecule has 0 amide bonds. The molecule has 0 saturated heterocycles. The summed E-state index contributed by atoms with van der Waals surface area (Å²) in [6, 6.07) is 12.8. The molecule has 1 aromatic heterocycles. The van der Waals surface area contributed by atoms with E-state index in [1.165, 1.54) is 28.7 Å². The van der Waals surface area contributed by atoms with Crippen molar-refractivity contribution in [3.05, 3.63) is 66.2 Å². The first-order chi connectivity index (χ1) is 14.1. The number of hydrogen-bond donors (Lipinski definition) is 1. The van der Waals surface area contributed by atoms with Crippen molar-refractivity contribution >= 4 is 17.7 Å². The number of para-hydroxylation sites is 1. The van der Waals surface area contributed by atoms with Crippen LogP contribution in [-0.2, 0) is 4.74 Å². The molecule has 0 spiro atoms. The van der Waals surface area contributed by atoms with E-state index in [0.29, 0.717) is 28.8 Å². The van der Waals surface area contributed by atoms with Gasteiger partial charge in [-0.2, -0.15) is 0 Å². The highest BCUT2D eigenvalue weighted by Crippen LogP contribution is 2.22. The molecule has 0 unspecified atom stereocenters. The lowest BCUT2D eigenvalue weighted by atomic mass is 10.2. The summed E-state index contributed by atoms with van der Waals surface area (Å²) in [5.41, 5.74) is 0.773. The second-order valence-corrected chi connectivity index (χ2v) is 6.94. The molecule has 3 rings (SSSR count). The summed E-state index contributed by atoms with van der Waals surface area (Å²) in [5, 5.41) is 18.5. The molecule has 0 bridgehead atoms. The highest BCUT2D eigenvalue weighted by Gasteiger charge is 2.14. The quantitative estimate of drug-likeness (QED) is 0.423. The SMILES string of the molecule is CCOC(=O)c1ccc(OC[C@@H](O)CSc2nncn2-c2ccccc2F)cc1. The number of carbonyl (C=O) groups excluding carboxylic acids is 1. The van der Waals surface area contributed by atoms with Gasteiger partial charge in [-0.3, -0.25) is 4.57 Å². The standard InChI is InChI=1S/C20H20FN3O4S/c1-2-27-19(26)14-7-9-16(10-8-14)28-11-15(25)12-29-20-23-22-13-24(20)18-6-4-3-5-17(18)21/h3-10,13,15,25H,2,11-12H2,1H3/t15-/m1/s1. The van der Waals surface area contributed by atoms with Crippen molar-refractivity contribution in [2.45, 2.75) is 18.2 Å². The average Bonchev–Trinajstić information content (AvgIpc) is 3.20. The number of aromatic nitrogens is 3. The van der Waals surface area contributed by atoms with Crippen LogP contribution in [0.2, 0.25) is 0 Å². The zero-order valence-corrected chi connectivity index (χ0v) is 16.5. The Morgan fingerprint density at radius 3 is 2.72 bits per heavy atom. The lowest BCUT2D eigenvalue weighted by Gasteiger charge is -2.13. The first kappa shape index (κ1) is 20.8. The lowest BCUT2D eigenvalue weighted by molar-refractivity contribution is 0.0526. The van der Waals surface area contributed by atoms with Gasteiger partial charge in [0.25, 0.3) is 0 Å². The molecule has 152 valence electrons. The number of hydrogen-bond acceptors (Lipinski definition) is 7. The Bertz CT molecular complexity index is 949. The molecule has 3 aromatic rings. The molecule has 9 heteroatoms. The molecular weight excluding hydrogens is 397 g/mol. The van der Waals surface area contributed by atoms with Crippen LogP contribution >= 0.6 is 11.8 Å². The largest absolute Gasteiger partial charge is 0.491 e. The predicted molar refractivity (Wildman–Crippen MR) is 106 cm³/mol. The summed E-state index contributed by atoms with van der Waals surface area (Å²) < 4.78 is 26.0. The molecule has 29 heavy (non-hydrogen) atoms. The maximum atomic E-state index is 14.0. The number of aliphatic hydroxyl groups excluding tert-OH is 1. The third-order valence-corrected chi connectivity index (χ3v) is 4.93. The van der Waals surface area contributed by atoms with Gasteiger partial charge in [0, 0.05) is 5.75 Å². The summed E-state index contributed by atoms with van der Waals surface area (Å²) in [4.78, 5) is 11.6. The molecule has 7 nitrogen and oxygen atoms in total. The molecule has 0 radical (unpaired) electrons. The zero-order valence-electron chi connectivity index (χ0n) is 15.7. The van der Waals surface area contributed by atoms with E-state index in [1.54, 1.807) is 49.4 Å². The summed E-state index contributed by atoms with van der Waals surface area (Å²) in [6.45, 7) is 2.11. The Morgan fingerprint density at radius 1 is 1.24 bits per heavy atom. The summed E-state index contributed by atoms with van der Waals surface area (Å²) >= 11 is 1.24. The van der Waals surface area contributed by atoms with Gasteiger partial charge in [-0.25, -0.2) is 9.18 Å². The maximum absolute atomic E-state index is 14.0. The third kappa shape index (κ3) is 5.55. The van der Waals surface area contributed by atoms with Crippen LogP contribution in [0.25, 0.3) is 5.69 Å². The second kappa shape index (κ2) is 10.0. The Labute approximate surface area is 171 Å². The Morgan fingerprint density at radius 2 is 2.00 bits per heavy atom. The number of rotatable bonds is 9. The van der Waals surface area contributed by atoms with Crippen molar-refractivity contribution in [1.82, 2.24) is 14.8 Å². The molecule has 2 aromatic carbocycles. The number of esters is 1. The van der Waals surface area contributed by atoms with E-state index in [-0.39, 0.29) is 18.2 Å². The Kier molecular flexibility index (Phi) is 7.20. The van der Waals surface area contributed by atoms with Gasteiger partial charge >= 0.3 is 5.97 Å². The van der Waals surface area contributed by atoms with E-state index in [0.717, 1.165) is 0 Å². The Balaban J connectivity index is 1.51. The molecular formula is C20H20FN3O4S. The van der Waals surface area contributed by atoms with Crippen LogP contribution in [0.4, 0.5) is 4.39 Å². The minimum atomic E-state index is -0.782. The topological polar surface area (TPSA) is 86.5 Å².